The van der Waals surface area contributed by atoms with Crippen molar-refractivity contribution in [2.45, 2.75) is 83.3 Å². The molecule has 1 aromatic carbocycles. The van der Waals surface area contributed by atoms with Gasteiger partial charge in [0, 0.05) is 51.5 Å². The monoisotopic (exact) mass is 703 g/mol. The molecule has 11 N–H and O–H groups in total. The number of carbonyl (C=O) groups excluding carboxylic acids is 1. The number of nitrogens with two attached hydrogens (primary N) is 1. The Balaban J connectivity index is 1.47. The SMILES string of the molecule is CCn1c(CNC(=O)c2nc3cc[nH]c3nc2N)[n+](CC)c2ccc(OCCN(C[C@H](O)C[C@H](O)CCO)C[C@H](O)[C@@H](O)[C@H](O)CCO)cc21. The average molecular weight is 704 g/mol. The summed E-state index contributed by atoms with van der Waals surface area (Å²) in [4.78, 5) is 26.3. The standard InChI is InChI=1S/C33H50N8O9/c1-3-40-24-6-5-22(50-14-11-39(18-21(45)15-20(44)8-12-42)19-27(47)30(48)26(46)9-13-43)16-25(24)41(4-2)28(40)17-36-33(49)29-31(34)38-32-23(37-29)7-10-35-32/h5-7,10,16,20-21,26-27,30,42-48H,3-4,8-9,11-15,17-19H2,1-2H3,(H3-,34,35,36,37,38,49)/p+1/t20-,21-,26-,27+,30+/m1/s1. The van der Waals surface area contributed by atoms with Crippen LogP contribution in [0.4, 0.5) is 5.82 Å². The molecular formula is C33H51N8O9+. The minimum Gasteiger partial charge on any atom is -0.492 e. The van der Waals surface area contributed by atoms with Gasteiger partial charge in [0.1, 0.15) is 30.5 Å². The molecule has 4 aromatic rings. The topological polar surface area (TPSA) is 260 Å². The van der Waals surface area contributed by atoms with E-state index in [0.29, 0.717) is 30.0 Å². The van der Waals surface area contributed by atoms with Crippen molar-refractivity contribution in [3.8, 4) is 5.75 Å². The van der Waals surface area contributed by atoms with Gasteiger partial charge in [-0.1, -0.05) is 0 Å². The number of rotatable bonds is 21. The second kappa shape index (κ2) is 18.3. The summed E-state index contributed by atoms with van der Waals surface area (Å²) in [6, 6.07) is 7.37. The number of anilines is 1. The van der Waals surface area contributed by atoms with Crippen molar-refractivity contribution in [3.05, 3.63) is 42.0 Å². The molecule has 0 bridgehead atoms. The first kappa shape index (κ1) is 38.9. The fourth-order valence-corrected chi connectivity index (χ4v) is 6.09. The lowest BCUT2D eigenvalue weighted by atomic mass is 10.0. The fourth-order valence-electron chi connectivity index (χ4n) is 6.09. The second-order valence-electron chi connectivity index (χ2n) is 12.2. The van der Waals surface area contributed by atoms with Gasteiger partial charge in [0.05, 0.1) is 37.5 Å². The van der Waals surface area contributed by atoms with Crippen LogP contribution in [0.15, 0.2) is 30.5 Å². The number of H-pyrrole nitrogens is 1. The van der Waals surface area contributed by atoms with Crippen LogP contribution in [-0.2, 0) is 19.6 Å². The summed E-state index contributed by atoms with van der Waals surface area (Å²) in [6.45, 7) is 5.10. The van der Waals surface area contributed by atoms with E-state index >= 15 is 0 Å². The zero-order valence-electron chi connectivity index (χ0n) is 28.5. The predicted octanol–water partition coefficient (Wildman–Crippen LogP) is -1.61. The highest BCUT2D eigenvalue weighted by molar-refractivity contribution is 5.98. The van der Waals surface area contributed by atoms with Gasteiger partial charge in [0.25, 0.3) is 11.7 Å². The molecule has 17 heteroatoms. The molecule has 0 aliphatic heterocycles. The molecule has 0 aliphatic rings. The van der Waals surface area contributed by atoms with Crippen molar-refractivity contribution in [2.24, 2.45) is 0 Å². The van der Waals surface area contributed by atoms with Gasteiger partial charge in [-0.25, -0.2) is 19.1 Å². The molecule has 3 heterocycles. The highest BCUT2D eigenvalue weighted by Gasteiger charge is 2.28. The number of aryl methyl sites for hydroxylation is 2. The Labute approximate surface area is 289 Å². The predicted molar refractivity (Wildman–Crippen MR) is 183 cm³/mol. The number of fused-ring (bicyclic) bond motifs is 2. The summed E-state index contributed by atoms with van der Waals surface area (Å²) in [5.41, 5.74) is 8.91. The van der Waals surface area contributed by atoms with Crippen molar-refractivity contribution in [1.82, 2.24) is 29.7 Å². The number of benzene rings is 1. The normalized spacial score (nSPS) is 15.0. The van der Waals surface area contributed by atoms with Crippen LogP contribution in [0.3, 0.4) is 0 Å². The number of ether oxygens (including phenoxy) is 1. The third-order valence-electron chi connectivity index (χ3n) is 8.63. The third-order valence-corrected chi connectivity index (χ3v) is 8.63. The maximum absolute atomic E-state index is 13.1. The Kier molecular flexibility index (Phi) is 14.3. The molecule has 17 nitrogen and oxygen atoms in total. The Hall–Kier alpha value is -3.94. The number of nitrogens with zero attached hydrogens (tertiary/aromatic N) is 5. The molecule has 0 aliphatic carbocycles. The lowest BCUT2D eigenvalue weighted by Crippen LogP contribution is -2.47. The molecule has 0 spiro atoms. The number of imidazole rings is 1. The average Bonchev–Trinajstić information content (AvgIpc) is 3.66. The molecule has 0 unspecified atom stereocenters. The molecule has 0 saturated heterocycles. The lowest BCUT2D eigenvalue weighted by Gasteiger charge is -2.30. The minimum absolute atomic E-state index is 0.00246. The van der Waals surface area contributed by atoms with Crippen molar-refractivity contribution in [3.63, 3.8) is 0 Å². The van der Waals surface area contributed by atoms with Gasteiger partial charge in [0.2, 0.25) is 0 Å². The molecule has 5 atom stereocenters. The van der Waals surface area contributed by atoms with E-state index in [9.17, 15) is 30.3 Å². The van der Waals surface area contributed by atoms with E-state index in [4.69, 9.17) is 20.7 Å². The van der Waals surface area contributed by atoms with Crippen LogP contribution >= 0.6 is 0 Å². The van der Waals surface area contributed by atoms with Crippen LogP contribution in [0.1, 0.15) is 49.4 Å². The van der Waals surface area contributed by atoms with Crippen molar-refractivity contribution in [1.29, 1.82) is 0 Å². The van der Waals surface area contributed by atoms with Gasteiger partial charge in [-0.3, -0.25) is 9.69 Å². The third kappa shape index (κ3) is 9.64. The van der Waals surface area contributed by atoms with E-state index in [1.165, 1.54) is 0 Å². The van der Waals surface area contributed by atoms with Crippen LogP contribution in [0.5, 0.6) is 5.75 Å². The number of carbonyl (C=O) groups is 1. The quantitative estimate of drug-likeness (QED) is 0.0439. The van der Waals surface area contributed by atoms with Gasteiger partial charge < -0.3 is 56.5 Å². The number of aliphatic hydroxyl groups is 7. The van der Waals surface area contributed by atoms with Gasteiger partial charge >= 0.3 is 0 Å². The maximum atomic E-state index is 13.1. The minimum atomic E-state index is -1.52. The molecule has 3 aromatic heterocycles. The Morgan fingerprint density at radius 3 is 2.50 bits per heavy atom. The summed E-state index contributed by atoms with van der Waals surface area (Å²) < 4.78 is 10.3. The van der Waals surface area contributed by atoms with Gasteiger partial charge in [-0.05, 0) is 44.9 Å². The van der Waals surface area contributed by atoms with E-state index < -0.39 is 36.4 Å². The zero-order chi connectivity index (χ0) is 36.4. The van der Waals surface area contributed by atoms with Crippen molar-refractivity contribution >= 4 is 33.9 Å². The van der Waals surface area contributed by atoms with Gasteiger partial charge in [-0.15, -0.1) is 0 Å². The van der Waals surface area contributed by atoms with E-state index in [-0.39, 0.29) is 76.8 Å². The van der Waals surface area contributed by atoms with Gasteiger partial charge in [-0.2, -0.15) is 0 Å². The Bertz CT molecular complexity index is 1680. The number of hydrogen-bond acceptors (Lipinski definition) is 13. The van der Waals surface area contributed by atoms with Crippen LogP contribution < -0.4 is 20.4 Å². The molecule has 1 amide bonds. The van der Waals surface area contributed by atoms with Gasteiger partial charge in [0.15, 0.2) is 28.2 Å². The fraction of sp³-hybridized carbons (Fsp3) is 0.576. The van der Waals surface area contributed by atoms with Crippen LogP contribution in [0, 0.1) is 0 Å². The molecule has 0 fully saturated rings. The number of hydrogen-bond donors (Lipinski definition) is 10. The summed E-state index contributed by atoms with van der Waals surface area (Å²) in [6.07, 6.45) is -4.50. The molecule has 0 saturated carbocycles. The number of amides is 1. The maximum Gasteiger partial charge on any atom is 0.277 e. The number of aliphatic hydroxyl groups excluding tert-OH is 7. The molecule has 0 radical (unpaired) electrons. The number of aromatic nitrogens is 5. The largest absolute Gasteiger partial charge is 0.492 e. The Morgan fingerprint density at radius 2 is 1.80 bits per heavy atom. The van der Waals surface area contributed by atoms with Crippen molar-refractivity contribution in [2.75, 3.05) is 45.2 Å². The molecule has 276 valence electrons. The zero-order valence-corrected chi connectivity index (χ0v) is 28.5. The second-order valence-corrected chi connectivity index (χ2v) is 12.2. The molecule has 4 rings (SSSR count). The Morgan fingerprint density at radius 1 is 1.04 bits per heavy atom. The number of aromatic amines is 1. The van der Waals surface area contributed by atoms with Crippen LogP contribution in [-0.4, -0.2) is 136 Å². The van der Waals surface area contributed by atoms with E-state index in [1.807, 2.05) is 32.0 Å². The summed E-state index contributed by atoms with van der Waals surface area (Å²) in [5.74, 6) is 0.986. The van der Waals surface area contributed by atoms with Crippen LogP contribution in [0.2, 0.25) is 0 Å². The molecular weight excluding hydrogens is 652 g/mol. The van der Waals surface area contributed by atoms with Crippen molar-refractivity contribution < 1.29 is 49.8 Å². The summed E-state index contributed by atoms with van der Waals surface area (Å²) in [5, 5.41) is 72.7. The van der Waals surface area contributed by atoms with E-state index in [1.54, 1.807) is 17.2 Å². The smallest absolute Gasteiger partial charge is 0.277 e. The summed E-state index contributed by atoms with van der Waals surface area (Å²) in [7, 11) is 0. The summed E-state index contributed by atoms with van der Waals surface area (Å²) >= 11 is 0. The number of nitrogen functional groups attached to an aromatic ring is 1. The highest BCUT2D eigenvalue weighted by atomic mass is 16.5. The first-order valence-electron chi connectivity index (χ1n) is 16.9. The lowest BCUT2D eigenvalue weighted by molar-refractivity contribution is -0.676. The van der Waals surface area contributed by atoms with Crippen LogP contribution in [0.25, 0.3) is 22.2 Å². The first-order valence-corrected chi connectivity index (χ1v) is 16.9. The molecule has 50 heavy (non-hydrogen) atoms. The number of nitrogens with one attached hydrogen (secondary N) is 2. The van der Waals surface area contributed by atoms with E-state index in [0.717, 1.165) is 16.9 Å². The first-order chi connectivity index (χ1) is 24.0. The van der Waals surface area contributed by atoms with E-state index in [2.05, 4.69) is 29.4 Å². The highest BCUT2D eigenvalue weighted by Crippen LogP contribution is 2.22.